The summed E-state index contributed by atoms with van der Waals surface area (Å²) in [7, 11) is -1.06. The third-order valence-corrected chi connectivity index (χ3v) is 11.1. The van der Waals surface area contributed by atoms with Crippen LogP contribution in [0.4, 0.5) is 23.5 Å². The van der Waals surface area contributed by atoms with Gasteiger partial charge in [-0.25, -0.2) is 32.3 Å². The maximum absolute atomic E-state index is 14.9. The van der Waals surface area contributed by atoms with Gasteiger partial charge in [-0.1, -0.05) is 6.07 Å². The number of likely N-dealkylation sites (tertiary alicyclic amines) is 1. The average Bonchev–Trinajstić information content (AvgIpc) is 3.44. The number of fused-ring (bicyclic) bond motifs is 1. The fraction of sp³-hybridized carbons (Fsp3) is 0.588. The molecule has 0 bridgehead atoms. The van der Waals surface area contributed by atoms with Crippen LogP contribution in [-0.4, -0.2) is 113 Å². The SMILES string of the molecule is CC(C)(F)C(=O)O.O=C1CCC(n2nc(F)c3cc(C4CCN(CCCS(=O)N5CCC(Nc6ncc(OC(F)F)cn6)CC5)CC4)ccc32)C(=O)N1. The van der Waals surface area contributed by atoms with Crippen molar-refractivity contribution >= 4 is 45.6 Å². The zero-order valence-electron chi connectivity index (χ0n) is 29.5. The van der Waals surface area contributed by atoms with Gasteiger partial charge in [0.1, 0.15) is 6.04 Å². The molecule has 2 aromatic heterocycles. The molecule has 3 N–H and O–H groups in total. The highest BCUT2D eigenvalue weighted by molar-refractivity contribution is 7.82. The zero-order valence-corrected chi connectivity index (χ0v) is 30.3. The number of nitrogens with one attached hydrogen (secondary N) is 2. The molecule has 3 fully saturated rings. The number of carbonyl (C=O) groups is 3. The first-order valence-corrected chi connectivity index (χ1v) is 18.8. The van der Waals surface area contributed by atoms with Gasteiger partial charge < -0.3 is 20.1 Å². The van der Waals surface area contributed by atoms with Gasteiger partial charge in [-0.15, -0.1) is 5.10 Å². The minimum atomic E-state index is -2.92. The highest BCUT2D eigenvalue weighted by Gasteiger charge is 2.31. The van der Waals surface area contributed by atoms with Crippen LogP contribution in [0.1, 0.15) is 76.3 Å². The number of rotatable bonds is 12. The number of nitrogens with zero attached hydrogens (tertiary/aromatic N) is 6. The Morgan fingerprint density at radius 1 is 1.09 bits per heavy atom. The lowest BCUT2D eigenvalue weighted by Gasteiger charge is -2.33. The number of aromatic nitrogens is 4. The first-order valence-electron chi connectivity index (χ1n) is 17.5. The van der Waals surface area contributed by atoms with E-state index < -0.39 is 47.1 Å². The van der Waals surface area contributed by atoms with E-state index in [9.17, 15) is 36.2 Å². The predicted molar refractivity (Wildman–Crippen MR) is 187 cm³/mol. The van der Waals surface area contributed by atoms with E-state index in [-0.39, 0.29) is 30.0 Å². The number of carbonyl (C=O) groups excluding carboxylic acids is 2. The Labute approximate surface area is 306 Å². The van der Waals surface area contributed by atoms with Crippen molar-refractivity contribution in [3.8, 4) is 5.75 Å². The van der Waals surface area contributed by atoms with E-state index in [4.69, 9.17) is 5.11 Å². The van der Waals surface area contributed by atoms with E-state index in [2.05, 4.69) is 35.3 Å². The van der Waals surface area contributed by atoms with E-state index >= 15 is 0 Å². The molecule has 290 valence electrons. The summed E-state index contributed by atoms with van der Waals surface area (Å²) in [5, 5.41) is 17.8. The van der Waals surface area contributed by atoms with Gasteiger partial charge >= 0.3 is 12.6 Å². The molecule has 6 rings (SSSR count). The number of amides is 2. The molecule has 0 aliphatic carbocycles. The van der Waals surface area contributed by atoms with Crippen molar-refractivity contribution in [2.45, 2.75) is 89.1 Å². The largest absolute Gasteiger partial charge is 0.479 e. The number of hydrogen-bond acceptors (Lipinski definition) is 10. The van der Waals surface area contributed by atoms with Crippen molar-refractivity contribution in [2.75, 3.05) is 43.8 Å². The lowest BCUT2D eigenvalue weighted by molar-refractivity contribution is -0.148. The quantitative estimate of drug-likeness (QED) is 0.178. The molecule has 19 heteroatoms. The summed E-state index contributed by atoms with van der Waals surface area (Å²) >= 11 is 0. The normalized spacial score (nSPS) is 20.2. The molecule has 3 aliphatic rings. The number of carboxylic acids is 1. The molecule has 2 atom stereocenters. The van der Waals surface area contributed by atoms with E-state index in [1.54, 1.807) is 0 Å². The summed E-state index contributed by atoms with van der Waals surface area (Å²) in [5.41, 5.74) is -0.484. The lowest BCUT2D eigenvalue weighted by atomic mass is 9.89. The van der Waals surface area contributed by atoms with E-state index in [1.807, 2.05) is 22.5 Å². The lowest BCUT2D eigenvalue weighted by Crippen LogP contribution is -2.42. The Hall–Kier alpha value is -4.23. The number of aliphatic carboxylic acids is 1. The first-order chi connectivity index (χ1) is 25.2. The summed E-state index contributed by atoms with van der Waals surface area (Å²) in [6, 6.07) is 5.06. The maximum atomic E-state index is 14.9. The van der Waals surface area contributed by atoms with Crippen molar-refractivity contribution < 1.29 is 46.0 Å². The van der Waals surface area contributed by atoms with Crippen LogP contribution in [0.3, 0.4) is 0 Å². The number of imide groups is 1. The van der Waals surface area contributed by atoms with Gasteiger partial charge in [0, 0.05) is 31.3 Å². The predicted octanol–water partition coefficient (Wildman–Crippen LogP) is 4.17. The number of ether oxygens (including phenoxy) is 1. The minimum absolute atomic E-state index is 0.0945. The molecule has 2 unspecified atom stereocenters. The average molecular weight is 769 g/mol. The number of carboxylic acid groups (broad SMARTS) is 1. The molecular formula is C34H44F4N8O6S. The van der Waals surface area contributed by atoms with Crippen molar-refractivity contribution in [3.63, 3.8) is 0 Å². The second-order valence-electron chi connectivity index (χ2n) is 13.7. The van der Waals surface area contributed by atoms with E-state index in [1.165, 1.54) is 17.1 Å². The number of benzene rings is 1. The third kappa shape index (κ3) is 10.9. The van der Waals surface area contributed by atoms with Gasteiger partial charge in [-0.3, -0.25) is 14.9 Å². The highest BCUT2D eigenvalue weighted by Crippen LogP contribution is 2.33. The monoisotopic (exact) mass is 768 g/mol. The summed E-state index contributed by atoms with van der Waals surface area (Å²) < 4.78 is 72.0. The molecule has 14 nitrogen and oxygen atoms in total. The second-order valence-corrected chi connectivity index (χ2v) is 15.3. The van der Waals surface area contributed by atoms with E-state index in [0.717, 1.165) is 71.1 Å². The molecule has 0 saturated carbocycles. The van der Waals surface area contributed by atoms with Crippen LogP contribution in [0.2, 0.25) is 0 Å². The molecular weight excluding hydrogens is 724 g/mol. The molecule has 0 radical (unpaired) electrons. The van der Waals surface area contributed by atoms with Crippen LogP contribution in [0.25, 0.3) is 10.9 Å². The molecule has 53 heavy (non-hydrogen) atoms. The smallest absolute Gasteiger partial charge is 0.387 e. The van der Waals surface area contributed by atoms with Gasteiger partial charge in [0.15, 0.2) is 5.75 Å². The number of anilines is 1. The van der Waals surface area contributed by atoms with Crippen LogP contribution in [0.5, 0.6) is 5.75 Å². The maximum Gasteiger partial charge on any atom is 0.387 e. The van der Waals surface area contributed by atoms with Crippen molar-refractivity contribution in [2.24, 2.45) is 0 Å². The fourth-order valence-corrected chi connectivity index (χ4v) is 7.75. The van der Waals surface area contributed by atoms with Crippen LogP contribution in [0.15, 0.2) is 30.6 Å². The molecule has 3 saturated heterocycles. The topological polar surface area (TPSA) is 172 Å². The van der Waals surface area contributed by atoms with Crippen LogP contribution >= 0.6 is 0 Å². The Bertz CT molecular complexity index is 1760. The van der Waals surface area contributed by atoms with Crippen LogP contribution in [-0.2, 0) is 25.4 Å². The molecule has 1 aromatic carbocycles. The number of alkyl halides is 3. The Morgan fingerprint density at radius 3 is 2.36 bits per heavy atom. The van der Waals surface area contributed by atoms with E-state index in [0.29, 0.717) is 42.1 Å². The van der Waals surface area contributed by atoms with Crippen molar-refractivity contribution in [1.29, 1.82) is 0 Å². The van der Waals surface area contributed by atoms with Crippen molar-refractivity contribution in [3.05, 3.63) is 42.1 Å². The summed E-state index contributed by atoms with van der Waals surface area (Å²) in [6.45, 7) is 3.10. The molecule has 0 spiro atoms. The standard InChI is InChI=1S/C30H37F3N8O4S.C4H7FO2/c31-27-23-16-20(2-3-24(23)41(38-27)25-4-5-26(42)37-28(25)43)19-6-11-39(12-7-19)10-1-15-46(44)40-13-8-21(9-14-40)36-30-34-17-22(18-35-30)45-29(32)33;1-4(2,5)3(6)7/h2-3,16-19,21,25,29H,1,4-15H2,(H,34,35,36)(H,37,42,43);1-2H3,(H,6,7). The molecule has 5 heterocycles. The summed E-state index contributed by atoms with van der Waals surface area (Å²) in [4.78, 5) is 43.9. The minimum Gasteiger partial charge on any atom is -0.479 e. The van der Waals surface area contributed by atoms with Gasteiger partial charge in [-0.05, 0) is 95.6 Å². The summed E-state index contributed by atoms with van der Waals surface area (Å²) in [5.74, 6) is -1.68. The molecule has 2 amide bonds. The van der Waals surface area contributed by atoms with Crippen LogP contribution in [0, 0.1) is 5.95 Å². The number of halogens is 4. The fourth-order valence-electron chi connectivity index (χ4n) is 6.50. The molecule has 3 aromatic rings. The summed E-state index contributed by atoms with van der Waals surface area (Å²) in [6.07, 6.45) is 7.14. The van der Waals surface area contributed by atoms with Crippen LogP contribution < -0.4 is 15.4 Å². The highest BCUT2D eigenvalue weighted by atomic mass is 32.2. The Morgan fingerprint density at radius 2 is 1.75 bits per heavy atom. The second kappa shape index (κ2) is 17.7. The number of hydrogen-bond donors (Lipinski definition) is 3. The van der Waals surface area contributed by atoms with Gasteiger partial charge in [0.05, 0.1) is 34.3 Å². The third-order valence-electron chi connectivity index (χ3n) is 9.48. The van der Waals surface area contributed by atoms with Gasteiger partial charge in [-0.2, -0.15) is 13.2 Å². The number of piperidine rings is 3. The Balaban J connectivity index is 0.000000705. The van der Waals surface area contributed by atoms with Gasteiger partial charge in [0.25, 0.3) is 5.91 Å². The van der Waals surface area contributed by atoms with Gasteiger partial charge in [0.2, 0.25) is 23.5 Å². The molecule has 3 aliphatic heterocycles. The Kier molecular flexibility index (Phi) is 13.4. The van der Waals surface area contributed by atoms with Crippen molar-refractivity contribution in [1.82, 2.24) is 34.3 Å². The first kappa shape index (κ1) is 40.0. The zero-order chi connectivity index (χ0) is 38.3.